The molecule has 0 aliphatic rings. The van der Waals surface area contributed by atoms with Gasteiger partial charge in [0.15, 0.2) is 5.69 Å². The van der Waals surface area contributed by atoms with E-state index in [0.717, 1.165) is 33.6 Å². The van der Waals surface area contributed by atoms with E-state index in [-0.39, 0.29) is 17.7 Å². The minimum atomic E-state index is -1.09. The predicted octanol–water partition coefficient (Wildman–Crippen LogP) is 6.14. The van der Waals surface area contributed by atoms with Crippen LogP contribution in [0.3, 0.4) is 0 Å². The number of aromatic carboxylic acids is 1. The summed E-state index contributed by atoms with van der Waals surface area (Å²) < 4.78 is 6.30. The average molecular weight is 488 g/mol. The SMILES string of the molecule is O=C(O)c1cccc(OC(Cc2cccc(-c3ccccn3)c2)Cc2cccc(-c3ccccn3)c2)n1. The molecule has 2 aromatic carbocycles. The first-order valence-corrected chi connectivity index (χ1v) is 12.0. The molecule has 0 saturated carbocycles. The molecular formula is C31H25N3O3. The van der Waals surface area contributed by atoms with Gasteiger partial charge in [-0.1, -0.05) is 54.6 Å². The lowest BCUT2D eigenvalue weighted by Gasteiger charge is -2.20. The van der Waals surface area contributed by atoms with Crippen molar-refractivity contribution in [3.8, 4) is 28.4 Å². The standard InChI is InChI=1S/C31H25N3O3/c35-31(36)29-14-7-15-30(34-29)37-26(20-22-8-5-10-24(18-22)27-12-1-3-16-32-27)21-23-9-6-11-25(19-23)28-13-2-4-17-33-28/h1-19,26H,20-21H2,(H,35,36). The summed E-state index contributed by atoms with van der Waals surface area (Å²) in [6, 6.07) is 33.0. The number of carbonyl (C=O) groups is 1. The third kappa shape index (κ3) is 6.24. The van der Waals surface area contributed by atoms with Crippen LogP contribution in [0.4, 0.5) is 0 Å². The number of carboxylic acids is 1. The van der Waals surface area contributed by atoms with Crippen molar-refractivity contribution in [1.29, 1.82) is 0 Å². The lowest BCUT2D eigenvalue weighted by molar-refractivity contribution is 0.0688. The van der Waals surface area contributed by atoms with Gasteiger partial charge in [0.1, 0.15) is 6.10 Å². The Morgan fingerprint density at radius 2 is 1.27 bits per heavy atom. The minimum Gasteiger partial charge on any atom is -0.477 e. The Labute approximate surface area is 215 Å². The fourth-order valence-electron chi connectivity index (χ4n) is 4.23. The van der Waals surface area contributed by atoms with Gasteiger partial charge < -0.3 is 9.84 Å². The lowest BCUT2D eigenvalue weighted by Crippen LogP contribution is -2.23. The second-order valence-electron chi connectivity index (χ2n) is 8.65. The highest BCUT2D eigenvalue weighted by molar-refractivity contribution is 5.85. The van der Waals surface area contributed by atoms with Crippen molar-refractivity contribution in [3.63, 3.8) is 0 Å². The van der Waals surface area contributed by atoms with E-state index in [2.05, 4.69) is 39.2 Å². The summed E-state index contributed by atoms with van der Waals surface area (Å²) in [7, 11) is 0. The normalized spacial score (nSPS) is 10.8. The zero-order chi connectivity index (χ0) is 25.5. The Morgan fingerprint density at radius 1 is 0.703 bits per heavy atom. The van der Waals surface area contributed by atoms with Crippen molar-refractivity contribution >= 4 is 5.97 Å². The van der Waals surface area contributed by atoms with Gasteiger partial charge in [-0.25, -0.2) is 9.78 Å². The van der Waals surface area contributed by atoms with Crippen LogP contribution >= 0.6 is 0 Å². The molecule has 0 bridgehead atoms. The number of ether oxygens (including phenoxy) is 1. The van der Waals surface area contributed by atoms with Crippen LogP contribution in [-0.2, 0) is 12.8 Å². The van der Waals surface area contributed by atoms with Crippen molar-refractivity contribution < 1.29 is 14.6 Å². The maximum atomic E-state index is 11.4. The second-order valence-corrected chi connectivity index (χ2v) is 8.65. The highest BCUT2D eigenvalue weighted by atomic mass is 16.5. The highest BCUT2D eigenvalue weighted by Crippen LogP contribution is 2.23. The summed E-state index contributed by atoms with van der Waals surface area (Å²) >= 11 is 0. The topological polar surface area (TPSA) is 85.2 Å². The summed E-state index contributed by atoms with van der Waals surface area (Å²) in [5.74, 6) is -0.806. The van der Waals surface area contributed by atoms with Gasteiger partial charge in [-0.3, -0.25) is 9.97 Å². The molecule has 182 valence electrons. The summed E-state index contributed by atoms with van der Waals surface area (Å²) in [5.41, 5.74) is 5.99. The Morgan fingerprint density at radius 3 is 1.78 bits per heavy atom. The molecule has 37 heavy (non-hydrogen) atoms. The maximum absolute atomic E-state index is 11.4. The smallest absolute Gasteiger partial charge is 0.354 e. The molecule has 0 radical (unpaired) electrons. The minimum absolute atomic E-state index is 0.0504. The van der Waals surface area contributed by atoms with Gasteiger partial charge in [0.2, 0.25) is 5.88 Å². The van der Waals surface area contributed by atoms with Crippen LogP contribution in [0.1, 0.15) is 21.6 Å². The van der Waals surface area contributed by atoms with Crippen molar-refractivity contribution in [1.82, 2.24) is 15.0 Å². The summed E-state index contributed by atoms with van der Waals surface area (Å²) in [6.45, 7) is 0. The predicted molar refractivity (Wildman–Crippen MR) is 142 cm³/mol. The number of nitrogens with zero attached hydrogens (tertiary/aromatic N) is 3. The summed E-state index contributed by atoms with van der Waals surface area (Å²) in [6.07, 6.45) is 4.49. The number of carboxylic acid groups (broad SMARTS) is 1. The summed E-state index contributed by atoms with van der Waals surface area (Å²) in [4.78, 5) is 24.6. The quantitative estimate of drug-likeness (QED) is 0.269. The van der Waals surface area contributed by atoms with Crippen molar-refractivity contribution in [2.24, 2.45) is 0 Å². The fourth-order valence-corrected chi connectivity index (χ4v) is 4.23. The van der Waals surface area contributed by atoms with Gasteiger partial charge in [0, 0.05) is 42.4 Å². The lowest BCUT2D eigenvalue weighted by atomic mass is 9.97. The molecule has 0 fully saturated rings. The summed E-state index contributed by atoms with van der Waals surface area (Å²) in [5, 5.41) is 9.36. The molecule has 3 aromatic heterocycles. The van der Waals surface area contributed by atoms with Crippen LogP contribution in [-0.4, -0.2) is 32.1 Å². The van der Waals surface area contributed by atoms with Crippen LogP contribution in [0.25, 0.3) is 22.5 Å². The largest absolute Gasteiger partial charge is 0.477 e. The van der Waals surface area contributed by atoms with Gasteiger partial charge in [-0.2, -0.15) is 0 Å². The van der Waals surface area contributed by atoms with Gasteiger partial charge in [-0.05, 0) is 53.6 Å². The monoisotopic (exact) mass is 487 g/mol. The molecular weight excluding hydrogens is 462 g/mol. The number of benzene rings is 2. The third-order valence-electron chi connectivity index (χ3n) is 5.93. The molecule has 0 aliphatic carbocycles. The molecule has 0 saturated heterocycles. The molecule has 1 N–H and O–H groups in total. The van der Waals surface area contributed by atoms with E-state index >= 15 is 0 Å². The third-order valence-corrected chi connectivity index (χ3v) is 5.93. The first kappa shape index (κ1) is 23.9. The van der Waals surface area contributed by atoms with Gasteiger partial charge in [0.25, 0.3) is 0 Å². The zero-order valence-corrected chi connectivity index (χ0v) is 20.1. The van der Waals surface area contributed by atoms with E-state index < -0.39 is 5.97 Å². The number of hydrogen-bond donors (Lipinski definition) is 1. The molecule has 0 atom stereocenters. The van der Waals surface area contributed by atoms with Crippen molar-refractivity contribution in [2.45, 2.75) is 18.9 Å². The number of aromatic nitrogens is 3. The Balaban J connectivity index is 1.43. The first-order chi connectivity index (χ1) is 18.1. The molecule has 5 aromatic rings. The molecule has 0 aliphatic heterocycles. The van der Waals surface area contributed by atoms with Crippen molar-refractivity contribution in [2.75, 3.05) is 0 Å². The Kier molecular flexibility index (Phi) is 7.27. The Bertz CT molecular complexity index is 1410. The van der Waals surface area contributed by atoms with Gasteiger partial charge >= 0.3 is 5.97 Å². The average Bonchev–Trinajstić information content (AvgIpc) is 2.94. The highest BCUT2D eigenvalue weighted by Gasteiger charge is 2.16. The van der Waals surface area contributed by atoms with E-state index in [0.29, 0.717) is 12.8 Å². The molecule has 0 amide bonds. The van der Waals surface area contributed by atoms with Crippen LogP contribution in [0, 0.1) is 0 Å². The van der Waals surface area contributed by atoms with E-state index in [1.165, 1.54) is 6.07 Å². The van der Waals surface area contributed by atoms with Gasteiger partial charge in [-0.15, -0.1) is 0 Å². The fraction of sp³-hybridized carbons (Fsp3) is 0.0968. The molecule has 3 heterocycles. The van der Waals surface area contributed by atoms with Crippen LogP contribution in [0.15, 0.2) is 116 Å². The van der Waals surface area contributed by atoms with Crippen molar-refractivity contribution in [3.05, 3.63) is 132 Å². The van der Waals surface area contributed by atoms with E-state index in [1.54, 1.807) is 24.5 Å². The molecule has 5 rings (SSSR count). The van der Waals surface area contributed by atoms with E-state index in [9.17, 15) is 9.90 Å². The molecule has 6 heteroatoms. The molecule has 6 nitrogen and oxygen atoms in total. The maximum Gasteiger partial charge on any atom is 0.354 e. The number of pyridine rings is 3. The van der Waals surface area contributed by atoms with Crippen LogP contribution < -0.4 is 4.74 Å². The van der Waals surface area contributed by atoms with Gasteiger partial charge in [0.05, 0.1) is 11.4 Å². The van der Waals surface area contributed by atoms with E-state index in [4.69, 9.17) is 4.74 Å². The zero-order valence-electron chi connectivity index (χ0n) is 20.1. The van der Waals surface area contributed by atoms with Crippen LogP contribution in [0.5, 0.6) is 5.88 Å². The second kappa shape index (κ2) is 11.3. The first-order valence-electron chi connectivity index (χ1n) is 12.0. The Hall–Kier alpha value is -4.84. The van der Waals surface area contributed by atoms with E-state index in [1.807, 2.05) is 60.7 Å². The number of hydrogen-bond acceptors (Lipinski definition) is 5. The number of rotatable bonds is 9. The molecule has 0 spiro atoms. The molecule has 0 unspecified atom stereocenters. The van der Waals surface area contributed by atoms with Crippen LogP contribution in [0.2, 0.25) is 0 Å².